The Morgan fingerprint density at radius 3 is 2.74 bits per heavy atom. The van der Waals surface area contributed by atoms with E-state index >= 15 is 0 Å². The van der Waals surface area contributed by atoms with Crippen LogP contribution in [0, 0.1) is 0 Å². The number of hydrogen-bond donors (Lipinski definition) is 2. The number of aromatic nitrogens is 1. The molecule has 1 amide bonds. The molecule has 0 spiro atoms. The zero-order valence-electron chi connectivity index (χ0n) is 16.1. The molecule has 2 N–H and O–H groups in total. The van der Waals surface area contributed by atoms with Crippen molar-refractivity contribution in [2.24, 2.45) is 4.99 Å². The first-order valence-electron chi connectivity index (χ1n) is 9.84. The number of carbonyl (C=O) groups excluding carboxylic acids is 1. The molecule has 8 heteroatoms. The van der Waals surface area contributed by atoms with Gasteiger partial charge in [0.15, 0.2) is 5.96 Å². The number of rotatable bonds is 6. The van der Waals surface area contributed by atoms with Crippen LogP contribution in [0.25, 0.3) is 0 Å². The SMILES string of the molecule is CCNC(=NCc1cccnc1N1CCOCC1)NCC(=O)N1CCCC1. The van der Waals surface area contributed by atoms with E-state index in [1.165, 1.54) is 0 Å². The summed E-state index contributed by atoms with van der Waals surface area (Å²) in [6.07, 6.45) is 4.02. The fourth-order valence-corrected chi connectivity index (χ4v) is 3.36. The molecule has 2 aliphatic heterocycles. The summed E-state index contributed by atoms with van der Waals surface area (Å²) >= 11 is 0. The monoisotopic (exact) mass is 374 g/mol. The third-order valence-electron chi connectivity index (χ3n) is 4.80. The van der Waals surface area contributed by atoms with Crippen molar-refractivity contribution in [3.63, 3.8) is 0 Å². The highest BCUT2D eigenvalue weighted by Gasteiger charge is 2.18. The maximum atomic E-state index is 12.2. The molecule has 2 aliphatic rings. The van der Waals surface area contributed by atoms with Gasteiger partial charge in [-0.2, -0.15) is 0 Å². The van der Waals surface area contributed by atoms with Gasteiger partial charge in [-0.25, -0.2) is 9.98 Å². The van der Waals surface area contributed by atoms with E-state index in [9.17, 15) is 4.79 Å². The quantitative estimate of drug-likeness (QED) is 0.560. The molecule has 0 atom stereocenters. The van der Waals surface area contributed by atoms with Crippen molar-refractivity contribution in [2.75, 3.05) is 57.4 Å². The average Bonchev–Trinajstić information content (AvgIpc) is 3.26. The third-order valence-corrected chi connectivity index (χ3v) is 4.80. The summed E-state index contributed by atoms with van der Waals surface area (Å²) in [5.74, 6) is 1.75. The van der Waals surface area contributed by atoms with Crippen molar-refractivity contribution >= 4 is 17.7 Å². The van der Waals surface area contributed by atoms with Crippen LogP contribution in [0.2, 0.25) is 0 Å². The smallest absolute Gasteiger partial charge is 0.241 e. The number of carbonyl (C=O) groups is 1. The highest BCUT2D eigenvalue weighted by atomic mass is 16.5. The first-order chi connectivity index (χ1) is 13.3. The zero-order valence-corrected chi connectivity index (χ0v) is 16.1. The summed E-state index contributed by atoms with van der Waals surface area (Å²) in [6, 6.07) is 3.99. The standard InChI is InChI=1S/C19H30N6O2/c1-2-20-19(23-15-17(26)24-8-3-4-9-24)22-14-16-6-5-7-21-18(16)25-10-12-27-13-11-25/h5-7H,2-4,8-15H2,1H3,(H2,20,22,23). The van der Waals surface area contributed by atoms with Crippen LogP contribution in [0.4, 0.5) is 5.82 Å². The number of anilines is 1. The molecular formula is C19H30N6O2. The lowest BCUT2D eigenvalue weighted by atomic mass is 10.2. The van der Waals surface area contributed by atoms with Gasteiger partial charge in [-0.05, 0) is 25.8 Å². The number of aliphatic imine (C=N–C) groups is 1. The van der Waals surface area contributed by atoms with E-state index in [1.54, 1.807) is 0 Å². The van der Waals surface area contributed by atoms with Gasteiger partial charge in [0.05, 0.1) is 26.3 Å². The van der Waals surface area contributed by atoms with Gasteiger partial charge >= 0.3 is 0 Å². The molecule has 0 saturated carbocycles. The van der Waals surface area contributed by atoms with Crippen molar-refractivity contribution in [2.45, 2.75) is 26.3 Å². The molecule has 1 aromatic heterocycles. The summed E-state index contributed by atoms with van der Waals surface area (Å²) < 4.78 is 5.43. The van der Waals surface area contributed by atoms with Crippen LogP contribution in [0.5, 0.6) is 0 Å². The molecule has 148 valence electrons. The van der Waals surface area contributed by atoms with Gasteiger partial charge < -0.3 is 25.2 Å². The highest BCUT2D eigenvalue weighted by molar-refractivity contribution is 5.86. The minimum Gasteiger partial charge on any atom is -0.378 e. The normalized spacial score (nSPS) is 17.9. The molecule has 0 radical (unpaired) electrons. The number of guanidine groups is 1. The van der Waals surface area contributed by atoms with Gasteiger partial charge in [-0.3, -0.25) is 4.79 Å². The van der Waals surface area contributed by atoms with Crippen LogP contribution in [0.3, 0.4) is 0 Å². The van der Waals surface area contributed by atoms with Gasteiger partial charge in [-0.15, -0.1) is 0 Å². The second-order valence-electron chi connectivity index (χ2n) is 6.72. The topological polar surface area (TPSA) is 82.1 Å². The van der Waals surface area contributed by atoms with E-state index < -0.39 is 0 Å². The predicted octanol–water partition coefficient (Wildman–Crippen LogP) is 0.596. The molecule has 0 aromatic carbocycles. The largest absolute Gasteiger partial charge is 0.378 e. The second-order valence-corrected chi connectivity index (χ2v) is 6.72. The number of amides is 1. The lowest BCUT2D eigenvalue weighted by molar-refractivity contribution is -0.128. The number of nitrogens with one attached hydrogen (secondary N) is 2. The van der Waals surface area contributed by atoms with Crippen molar-refractivity contribution in [3.05, 3.63) is 23.9 Å². The zero-order chi connectivity index (χ0) is 18.9. The Bertz CT molecular complexity index is 639. The Morgan fingerprint density at radius 1 is 1.22 bits per heavy atom. The fraction of sp³-hybridized carbons (Fsp3) is 0.632. The van der Waals surface area contributed by atoms with Gasteiger partial charge in [0.2, 0.25) is 5.91 Å². The number of nitrogens with zero attached hydrogens (tertiary/aromatic N) is 4. The summed E-state index contributed by atoms with van der Waals surface area (Å²) in [7, 11) is 0. The van der Waals surface area contributed by atoms with Gasteiger partial charge in [0.25, 0.3) is 0 Å². The molecule has 3 heterocycles. The van der Waals surface area contributed by atoms with Crippen molar-refractivity contribution < 1.29 is 9.53 Å². The summed E-state index contributed by atoms with van der Waals surface area (Å²) in [6.45, 7) is 8.41. The van der Waals surface area contributed by atoms with Gasteiger partial charge in [0, 0.05) is 44.5 Å². The number of hydrogen-bond acceptors (Lipinski definition) is 5. The van der Waals surface area contributed by atoms with Crippen LogP contribution in [-0.4, -0.2) is 74.2 Å². The maximum Gasteiger partial charge on any atom is 0.241 e. The summed E-state index contributed by atoms with van der Waals surface area (Å²) in [4.78, 5) is 25.6. The molecule has 8 nitrogen and oxygen atoms in total. The van der Waals surface area contributed by atoms with E-state index in [1.807, 2.05) is 24.1 Å². The van der Waals surface area contributed by atoms with Crippen molar-refractivity contribution in [1.82, 2.24) is 20.5 Å². The summed E-state index contributed by atoms with van der Waals surface area (Å²) in [5.41, 5.74) is 1.07. The Balaban J connectivity index is 1.61. The summed E-state index contributed by atoms with van der Waals surface area (Å²) in [5, 5.41) is 6.37. The molecule has 0 unspecified atom stereocenters. The first-order valence-corrected chi connectivity index (χ1v) is 9.84. The Kier molecular flexibility index (Phi) is 7.27. The number of ether oxygens (including phenoxy) is 1. The van der Waals surface area contributed by atoms with E-state index in [4.69, 9.17) is 4.74 Å². The lowest BCUT2D eigenvalue weighted by Gasteiger charge is -2.29. The molecular weight excluding hydrogens is 344 g/mol. The molecule has 0 bridgehead atoms. The molecule has 2 saturated heterocycles. The van der Waals surface area contributed by atoms with Crippen LogP contribution in [-0.2, 0) is 16.1 Å². The van der Waals surface area contributed by atoms with Crippen LogP contribution < -0.4 is 15.5 Å². The van der Waals surface area contributed by atoms with Crippen LogP contribution >= 0.6 is 0 Å². The van der Waals surface area contributed by atoms with Crippen molar-refractivity contribution in [1.29, 1.82) is 0 Å². The van der Waals surface area contributed by atoms with Gasteiger partial charge in [0.1, 0.15) is 5.82 Å². The first kappa shape index (κ1) is 19.4. The molecule has 3 rings (SSSR count). The minimum atomic E-state index is 0.133. The highest BCUT2D eigenvalue weighted by Crippen LogP contribution is 2.19. The van der Waals surface area contributed by atoms with E-state index in [2.05, 4.69) is 31.6 Å². The average molecular weight is 374 g/mol. The van der Waals surface area contributed by atoms with Crippen LogP contribution in [0.1, 0.15) is 25.3 Å². The van der Waals surface area contributed by atoms with Crippen LogP contribution in [0.15, 0.2) is 23.3 Å². The third kappa shape index (κ3) is 5.56. The molecule has 27 heavy (non-hydrogen) atoms. The molecule has 0 aliphatic carbocycles. The fourth-order valence-electron chi connectivity index (χ4n) is 3.36. The maximum absolute atomic E-state index is 12.2. The minimum absolute atomic E-state index is 0.133. The number of likely N-dealkylation sites (tertiary alicyclic amines) is 1. The Hall–Kier alpha value is -2.35. The van der Waals surface area contributed by atoms with Gasteiger partial charge in [-0.1, -0.05) is 6.07 Å². The lowest BCUT2D eigenvalue weighted by Crippen LogP contribution is -2.44. The second kappa shape index (κ2) is 10.1. The Labute approximate surface area is 161 Å². The van der Waals surface area contributed by atoms with E-state index in [0.717, 1.165) is 70.2 Å². The predicted molar refractivity (Wildman–Crippen MR) is 106 cm³/mol. The number of morpholine rings is 1. The molecule has 2 fully saturated rings. The van der Waals surface area contributed by atoms with E-state index in [0.29, 0.717) is 12.5 Å². The number of pyridine rings is 1. The van der Waals surface area contributed by atoms with E-state index in [-0.39, 0.29) is 12.5 Å². The van der Waals surface area contributed by atoms with Crippen molar-refractivity contribution in [3.8, 4) is 0 Å². The Morgan fingerprint density at radius 2 is 2.00 bits per heavy atom. The molecule has 1 aromatic rings.